The van der Waals surface area contributed by atoms with Crippen LogP contribution in [-0.2, 0) is 14.3 Å². The van der Waals surface area contributed by atoms with Crippen molar-refractivity contribution in [1.29, 1.82) is 0 Å². The van der Waals surface area contributed by atoms with E-state index in [-0.39, 0.29) is 11.9 Å². The van der Waals surface area contributed by atoms with Crippen LogP contribution in [0.2, 0.25) is 0 Å². The van der Waals surface area contributed by atoms with Crippen molar-refractivity contribution in [2.75, 3.05) is 13.7 Å². The molecule has 0 amide bonds. The lowest BCUT2D eigenvalue weighted by Crippen LogP contribution is -2.15. The predicted octanol–water partition coefficient (Wildman–Crippen LogP) is 3.14. The minimum absolute atomic E-state index is 0.318. The van der Waals surface area contributed by atoms with E-state index in [1.54, 1.807) is 20.8 Å². The normalized spacial score (nSPS) is 12.2. The van der Waals surface area contributed by atoms with Gasteiger partial charge < -0.3 is 9.47 Å². The zero-order valence-electron chi connectivity index (χ0n) is 13.6. The van der Waals surface area contributed by atoms with E-state index < -0.39 is 5.25 Å². The molecule has 0 unspecified atom stereocenters. The highest BCUT2D eigenvalue weighted by Gasteiger charge is 2.23. The summed E-state index contributed by atoms with van der Waals surface area (Å²) in [6, 6.07) is 0. The lowest BCUT2D eigenvalue weighted by atomic mass is 10.2. The monoisotopic (exact) mass is 354 g/mol. The van der Waals surface area contributed by atoms with E-state index in [9.17, 15) is 9.59 Å². The van der Waals surface area contributed by atoms with Gasteiger partial charge in [0.1, 0.15) is 25.8 Å². The van der Waals surface area contributed by atoms with Gasteiger partial charge in [-0.1, -0.05) is 11.8 Å². The van der Waals surface area contributed by atoms with Gasteiger partial charge in [0.15, 0.2) is 0 Å². The molecule has 0 bridgehead atoms. The lowest BCUT2D eigenvalue weighted by molar-refractivity contribution is -0.139. The first-order valence-corrected chi connectivity index (χ1v) is 8.78. The number of aromatic nitrogens is 2. The van der Waals surface area contributed by atoms with E-state index in [0.29, 0.717) is 22.3 Å². The molecule has 0 aliphatic heterocycles. The third-order valence-corrected chi connectivity index (χ3v) is 5.38. The highest BCUT2D eigenvalue weighted by molar-refractivity contribution is 8.00. The molecule has 2 aromatic heterocycles. The number of hydrogen-bond acceptors (Lipinski definition) is 8. The number of nitrogens with zero attached hydrogens (tertiary/aromatic N) is 2. The summed E-state index contributed by atoms with van der Waals surface area (Å²) in [5, 5.41) is 1.07. The van der Waals surface area contributed by atoms with Crippen LogP contribution in [0.3, 0.4) is 0 Å². The standard InChI is InChI=1S/C15H18N2O4S2/c1-6-21-15(19)11-7(2)10-12(22-8(3)14(18)20-5)16-9(4)17-13(10)23-11/h8H,6H2,1-5H3/t8-/m0/s1. The van der Waals surface area contributed by atoms with Gasteiger partial charge in [-0.3, -0.25) is 4.79 Å². The van der Waals surface area contributed by atoms with Crippen molar-refractivity contribution >= 4 is 45.3 Å². The van der Waals surface area contributed by atoms with Crippen molar-refractivity contribution in [3.05, 3.63) is 16.3 Å². The van der Waals surface area contributed by atoms with Crippen LogP contribution >= 0.6 is 23.1 Å². The summed E-state index contributed by atoms with van der Waals surface area (Å²) < 4.78 is 9.84. The van der Waals surface area contributed by atoms with Gasteiger partial charge >= 0.3 is 11.9 Å². The Morgan fingerprint density at radius 2 is 2.00 bits per heavy atom. The molecular formula is C15H18N2O4S2. The average Bonchev–Trinajstić information content (AvgIpc) is 2.83. The Balaban J connectivity index is 2.52. The second kappa shape index (κ2) is 7.27. The molecule has 0 N–H and O–H groups in total. The van der Waals surface area contributed by atoms with Crippen molar-refractivity contribution in [1.82, 2.24) is 9.97 Å². The fraction of sp³-hybridized carbons (Fsp3) is 0.467. The number of thioether (sulfide) groups is 1. The maximum absolute atomic E-state index is 12.1. The number of aryl methyl sites for hydroxylation is 2. The van der Waals surface area contributed by atoms with Gasteiger partial charge in [0.05, 0.1) is 13.7 Å². The number of carbonyl (C=O) groups is 2. The summed E-state index contributed by atoms with van der Waals surface area (Å²) in [6.07, 6.45) is 0. The number of methoxy groups -OCH3 is 1. The Morgan fingerprint density at radius 3 is 2.61 bits per heavy atom. The molecule has 6 nitrogen and oxygen atoms in total. The number of rotatable bonds is 5. The van der Waals surface area contributed by atoms with Crippen LogP contribution in [0.5, 0.6) is 0 Å². The number of thiophene rings is 1. The third-order valence-electron chi connectivity index (χ3n) is 3.15. The van der Waals surface area contributed by atoms with Crippen LogP contribution in [-0.4, -0.2) is 40.9 Å². The van der Waals surface area contributed by atoms with Gasteiger partial charge in [-0.25, -0.2) is 14.8 Å². The maximum atomic E-state index is 12.1. The van der Waals surface area contributed by atoms with Crippen molar-refractivity contribution in [3.63, 3.8) is 0 Å². The average molecular weight is 354 g/mol. The van der Waals surface area contributed by atoms with E-state index in [1.165, 1.54) is 30.2 Å². The molecule has 0 aliphatic carbocycles. The first kappa shape index (κ1) is 17.7. The van der Waals surface area contributed by atoms with Crippen LogP contribution in [0.15, 0.2) is 5.03 Å². The molecule has 8 heteroatoms. The predicted molar refractivity (Wildman–Crippen MR) is 90.2 cm³/mol. The summed E-state index contributed by atoms with van der Waals surface area (Å²) in [7, 11) is 1.36. The Hall–Kier alpha value is -1.67. The SMILES string of the molecule is CCOC(=O)c1sc2nc(C)nc(S[C@@H](C)C(=O)OC)c2c1C. The molecule has 0 spiro atoms. The quantitative estimate of drug-likeness (QED) is 0.464. The van der Waals surface area contributed by atoms with Crippen LogP contribution in [0.25, 0.3) is 10.2 Å². The molecule has 0 saturated heterocycles. The second-order valence-electron chi connectivity index (χ2n) is 4.82. The van der Waals surface area contributed by atoms with Gasteiger partial charge in [0, 0.05) is 5.39 Å². The van der Waals surface area contributed by atoms with Crippen LogP contribution in [0.1, 0.15) is 34.9 Å². The van der Waals surface area contributed by atoms with Gasteiger partial charge in [-0.15, -0.1) is 11.3 Å². The van der Waals surface area contributed by atoms with Crippen LogP contribution < -0.4 is 0 Å². The van der Waals surface area contributed by atoms with Gasteiger partial charge in [-0.2, -0.15) is 0 Å². The number of carbonyl (C=O) groups excluding carboxylic acids is 2. The minimum atomic E-state index is -0.400. The molecule has 124 valence electrons. The molecule has 1 atom stereocenters. The van der Waals surface area contributed by atoms with Crippen molar-refractivity contribution in [2.24, 2.45) is 0 Å². The molecular weight excluding hydrogens is 336 g/mol. The number of fused-ring (bicyclic) bond motifs is 1. The number of ether oxygens (including phenoxy) is 2. The summed E-state index contributed by atoms with van der Waals surface area (Å²) in [4.78, 5) is 33.8. The highest BCUT2D eigenvalue weighted by atomic mass is 32.2. The molecule has 0 radical (unpaired) electrons. The molecule has 2 rings (SSSR count). The number of esters is 2. The van der Waals surface area contributed by atoms with E-state index in [1.807, 2.05) is 6.92 Å². The van der Waals surface area contributed by atoms with E-state index in [4.69, 9.17) is 9.47 Å². The van der Waals surface area contributed by atoms with Crippen molar-refractivity contribution < 1.29 is 19.1 Å². The Bertz CT molecular complexity index is 758. The fourth-order valence-electron chi connectivity index (χ4n) is 2.06. The van der Waals surface area contributed by atoms with Crippen molar-refractivity contribution in [3.8, 4) is 0 Å². The summed E-state index contributed by atoms with van der Waals surface area (Å²) in [5.41, 5.74) is 0.781. The molecule has 0 aliphatic rings. The third kappa shape index (κ3) is 3.64. The summed E-state index contributed by atoms with van der Waals surface area (Å²) in [6.45, 7) is 7.47. The zero-order valence-corrected chi connectivity index (χ0v) is 15.3. The smallest absolute Gasteiger partial charge is 0.348 e. The molecule has 2 aromatic rings. The second-order valence-corrected chi connectivity index (χ2v) is 7.14. The van der Waals surface area contributed by atoms with Crippen LogP contribution in [0.4, 0.5) is 0 Å². The lowest BCUT2D eigenvalue weighted by Gasteiger charge is -2.10. The fourth-order valence-corrected chi connectivity index (χ4v) is 4.33. The van der Waals surface area contributed by atoms with E-state index in [0.717, 1.165) is 15.8 Å². The first-order valence-electron chi connectivity index (χ1n) is 7.08. The van der Waals surface area contributed by atoms with Crippen LogP contribution in [0, 0.1) is 13.8 Å². The van der Waals surface area contributed by atoms with Gasteiger partial charge in [0.2, 0.25) is 0 Å². The molecule has 0 fully saturated rings. The molecule has 0 aromatic carbocycles. The first-order chi connectivity index (χ1) is 10.9. The Morgan fingerprint density at radius 1 is 1.30 bits per heavy atom. The highest BCUT2D eigenvalue weighted by Crippen LogP contribution is 2.37. The summed E-state index contributed by atoms with van der Waals surface area (Å²) in [5.74, 6) is -0.0886. The van der Waals surface area contributed by atoms with Gasteiger partial charge in [-0.05, 0) is 33.3 Å². The Kier molecular flexibility index (Phi) is 5.59. The van der Waals surface area contributed by atoms with E-state index >= 15 is 0 Å². The largest absolute Gasteiger partial charge is 0.468 e. The van der Waals surface area contributed by atoms with Crippen molar-refractivity contribution in [2.45, 2.75) is 38.0 Å². The van der Waals surface area contributed by atoms with Gasteiger partial charge in [0.25, 0.3) is 0 Å². The minimum Gasteiger partial charge on any atom is -0.468 e. The topological polar surface area (TPSA) is 78.4 Å². The van der Waals surface area contributed by atoms with E-state index in [2.05, 4.69) is 9.97 Å². The molecule has 0 saturated carbocycles. The molecule has 23 heavy (non-hydrogen) atoms. The Labute approximate surface area is 142 Å². The zero-order chi connectivity index (χ0) is 17.1. The number of hydrogen-bond donors (Lipinski definition) is 0. The summed E-state index contributed by atoms with van der Waals surface area (Å²) >= 11 is 2.59. The maximum Gasteiger partial charge on any atom is 0.348 e. The molecule has 2 heterocycles.